The summed E-state index contributed by atoms with van der Waals surface area (Å²) in [5, 5.41) is 20.5. The van der Waals surface area contributed by atoms with Gasteiger partial charge < -0.3 is 46.6 Å². The van der Waals surface area contributed by atoms with E-state index in [2.05, 4.69) is 74.4 Å². The topological polar surface area (TPSA) is 201 Å². The fourth-order valence-electron chi connectivity index (χ4n) is 11.7. The highest BCUT2D eigenvalue weighted by Gasteiger charge is 2.47. The molecule has 8 rings (SSSR count). The van der Waals surface area contributed by atoms with Crippen molar-refractivity contribution in [1.82, 2.24) is 46.6 Å². The number of amides is 7. The minimum Gasteiger partial charge on any atom is -0.347 e. The monoisotopic (exact) mass is 1120 g/mol. The van der Waals surface area contributed by atoms with Crippen LogP contribution in [0.2, 0.25) is 0 Å². The molecule has 2 heterocycles. The van der Waals surface area contributed by atoms with Crippen molar-refractivity contribution >= 4 is 52.1 Å². The zero-order chi connectivity index (χ0) is 59.2. The molecule has 0 radical (unpaired) electrons. The summed E-state index contributed by atoms with van der Waals surface area (Å²) in [6.07, 6.45) is 3.69. The van der Waals surface area contributed by atoms with Crippen molar-refractivity contribution in [3.8, 4) is 0 Å². The van der Waals surface area contributed by atoms with Gasteiger partial charge in [-0.3, -0.25) is 33.6 Å². The second-order valence-electron chi connectivity index (χ2n) is 25.1. The molecule has 0 spiro atoms. The molecule has 3 aliphatic rings. The predicted octanol–water partition coefficient (Wildman–Crippen LogP) is 7.04. The first-order valence-electron chi connectivity index (χ1n) is 29.2. The fourth-order valence-corrected chi connectivity index (χ4v) is 11.7. The maximum absolute atomic E-state index is 15.3. The van der Waals surface area contributed by atoms with Crippen LogP contribution < -0.4 is 31.9 Å². The Kier molecular flexibility index (Phi) is 19.1. The number of nitrogens with zero attached hydrogens (tertiary/aromatic N) is 3. The van der Waals surface area contributed by atoms with E-state index in [4.69, 9.17) is 0 Å². The fraction of sp³-hybridized carbons (Fsp3) is 0.470. The zero-order valence-corrected chi connectivity index (χ0v) is 49.7. The van der Waals surface area contributed by atoms with Gasteiger partial charge in [0, 0.05) is 42.8 Å². The summed E-state index contributed by atoms with van der Waals surface area (Å²) in [4.78, 5) is 106. The number of fused-ring (bicyclic) bond motifs is 3. The van der Waals surface area contributed by atoms with Gasteiger partial charge in [0.25, 0.3) is 11.8 Å². The maximum atomic E-state index is 15.3. The van der Waals surface area contributed by atoms with Crippen LogP contribution in [-0.4, -0.2) is 132 Å². The SMILES string of the molecule is CN[C@@H](C)C(=O)N[C@H](C(=O)N1Cc2ccccc2C[C@H]1CN(C(=O)c1ccc(C(=O)N[C@H]2C[C@@H](C(=O)NC3CCCc4ccccc43)N(C(=O)[C@@H](NC(=O)[C@H](C)NC)C(C)(C)C)C2)cc1)[C@H](C)Cc1ccc2ccccc2c1)C(C)(C)C. The van der Waals surface area contributed by atoms with Gasteiger partial charge >= 0.3 is 0 Å². The Balaban J connectivity index is 1.06. The number of hydrogen-bond donors (Lipinski definition) is 6. The summed E-state index contributed by atoms with van der Waals surface area (Å²) in [6, 6.07) is 31.5. The molecule has 1 fully saturated rings. The van der Waals surface area contributed by atoms with Crippen molar-refractivity contribution in [2.75, 3.05) is 27.2 Å². The molecule has 82 heavy (non-hydrogen) atoms. The van der Waals surface area contributed by atoms with Crippen molar-refractivity contribution in [1.29, 1.82) is 0 Å². The average Bonchev–Trinajstić information content (AvgIpc) is 3.68. The third-order valence-electron chi connectivity index (χ3n) is 16.9. The van der Waals surface area contributed by atoms with Crippen LogP contribution in [0.1, 0.15) is 136 Å². The van der Waals surface area contributed by atoms with Gasteiger partial charge in [0.05, 0.1) is 24.2 Å². The van der Waals surface area contributed by atoms with Gasteiger partial charge in [-0.15, -0.1) is 0 Å². The molecule has 0 saturated carbocycles. The predicted molar refractivity (Wildman–Crippen MR) is 321 cm³/mol. The Labute approximate surface area is 484 Å². The summed E-state index contributed by atoms with van der Waals surface area (Å²) in [5.74, 6) is -2.35. The third-order valence-corrected chi connectivity index (χ3v) is 16.9. The molecule has 6 N–H and O–H groups in total. The number of likely N-dealkylation sites (N-methyl/N-ethyl adjacent to an activating group) is 2. The Morgan fingerprint density at radius 1 is 0.634 bits per heavy atom. The number of benzene rings is 5. The van der Waals surface area contributed by atoms with E-state index in [9.17, 15) is 24.0 Å². The van der Waals surface area contributed by atoms with Crippen LogP contribution in [0.4, 0.5) is 0 Å². The summed E-state index contributed by atoms with van der Waals surface area (Å²) in [7, 11) is 3.37. The molecule has 16 heteroatoms. The molecular formula is C66H85N9O7. The molecule has 9 atom stereocenters. The Morgan fingerprint density at radius 2 is 1.20 bits per heavy atom. The number of carbonyl (C=O) groups is 7. The van der Waals surface area contributed by atoms with Gasteiger partial charge in [-0.2, -0.15) is 0 Å². The molecule has 0 bridgehead atoms. The third kappa shape index (κ3) is 14.1. The van der Waals surface area contributed by atoms with Crippen molar-refractivity contribution in [3.63, 3.8) is 0 Å². The minimum absolute atomic E-state index is 0.0255. The molecule has 0 aromatic heterocycles. The van der Waals surface area contributed by atoms with Crippen LogP contribution in [0.15, 0.2) is 115 Å². The minimum atomic E-state index is -0.978. The first kappa shape index (κ1) is 60.7. The van der Waals surface area contributed by atoms with Crippen molar-refractivity contribution in [2.24, 2.45) is 10.8 Å². The van der Waals surface area contributed by atoms with E-state index >= 15 is 9.59 Å². The number of hydrogen-bond acceptors (Lipinski definition) is 9. The number of nitrogens with one attached hydrogen (secondary N) is 6. The molecule has 1 aliphatic carbocycles. The summed E-state index contributed by atoms with van der Waals surface area (Å²) >= 11 is 0. The van der Waals surface area contributed by atoms with Crippen molar-refractivity contribution in [2.45, 2.75) is 162 Å². The van der Waals surface area contributed by atoms with Gasteiger partial charge in [0.2, 0.25) is 29.5 Å². The Bertz CT molecular complexity index is 3150. The highest BCUT2D eigenvalue weighted by Crippen LogP contribution is 2.33. The highest BCUT2D eigenvalue weighted by molar-refractivity contribution is 5.99. The first-order valence-corrected chi connectivity index (χ1v) is 29.2. The lowest BCUT2D eigenvalue weighted by Crippen LogP contribution is -2.61. The van der Waals surface area contributed by atoms with Crippen LogP contribution in [0.25, 0.3) is 10.8 Å². The number of aryl methyl sites for hydroxylation is 1. The summed E-state index contributed by atoms with van der Waals surface area (Å²) in [6.45, 7) is 17.4. The summed E-state index contributed by atoms with van der Waals surface area (Å²) < 4.78 is 0. The Hall–Kier alpha value is -7.43. The first-order chi connectivity index (χ1) is 38.9. The number of carbonyl (C=O) groups excluding carboxylic acids is 7. The maximum Gasteiger partial charge on any atom is 0.254 e. The smallest absolute Gasteiger partial charge is 0.254 e. The lowest BCUT2D eigenvalue weighted by atomic mass is 9.84. The van der Waals surface area contributed by atoms with E-state index in [-0.39, 0.29) is 66.7 Å². The Morgan fingerprint density at radius 3 is 1.82 bits per heavy atom. The largest absolute Gasteiger partial charge is 0.347 e. The lowest BCUT2D eigenvalue weighted by Gasteiger charge is -2.44. The van der Waals surface area contributed by atoms with E-state index < -0.39 is 64.9 Å². The lowest BCUT2D eigenvalue weighted by molar-refractivity contribution is -0.144. The van der Waals surface area contributed by atoms with Gasteiger partial charge in [-0.1, -0.05) is 133 Å². The van der Waals surface area contributed by atoms with Crippen molar-refractivity contribution in [3.05, 3.63) is 154 Å². The van der Waals surface area contributed by atoms with Gasteiger partial charge in [0.15, 0.2) is 0 Å². The molecular weight excluding hydrogens is 1030 g/mol. The summed E-state index contributed by atoms with van der Waals surface area (Å²) in [5.41, 5.74) is 4.60. The quantitative estimate of drug-likeness (QED) is 0.0533. The molecule has 436 valence electrons. The van der Waals surface area contributed by atoms with E-state index in [0.717, 1.165) is 52.3 Å². The van der Waals surface area contributed by atoms with Crippen LogP contribution in [0, 0.1) is 10.8 Å². The van der Waals surface area contributed by atoms with Crippen molar-refractivity contribution < 1.29 is 33.6 Å². The number of likely N-dealkylation sites (tertiary alicyclic amines) is 1. The molecule has 16 nitrogen and oxygen atoms in total. The molecule has 1 saturated heterocycles. The molecule has 7 amide bonds. The van der Waals surface area contributed by atoms with Crippen LogP contribution in [0.5, 0.6) is 0 Å². The van der Waals surface area contributed by atoms with E-state index in [1.54, 1.807) is 52.2 Å². The normalized spacial score (nSPS) is 19.8. The van der Waals surface area contributed by atoms with E-state index in [1.165, 1.54) is 10.5 Å². The van der Waals surface area contributed by atoms with Crippen LogP contribution in [-0.2, 0) is 49.8 Å². The second kappa shape index (κ2) is 25.8. The molecule has 2 aliphatic heterocycles. The molecule has 1 unspecified atom stereocenters. The highest BCUT2D eigenvalue weighted by atomic mass is 16.2. The molecule has 5 aromatic carbocycles. The number of rotatable bonds is 18. The van der Waals surface area contributed by atoms with Gasteiger partial charge in [-0.05, 0) is 147 Å². The second-order valence-corrected chi connectivity index (χ2v) is 25.1. The van der Waals surface area contributed by atoms with Crippen LogP contribution in [0.3, 0.4) is 0 Å². The van der Waals surface area contributed by atoms with E-state index in [1.807, 2.05) is 107 Å². The van der Waals surface area contributed by atoms with E-state index in [0.29, 0.717) is 24.9 Å². The van der Waals surface area contributed by atoms with Gasteiger partial charge in [-0.25, -0.2) is 0 Å². The average molecular weight is 1120 g/mol. The van der Waals surface area contributed by atoms with Crippen LogP contribution >= 0.6 is 0 Å². The van der Waals surface area contributed by atoms with Gasteiger partial charge in [0.1, 0.15) is 18.1 Å². The standard InChI is InChI=1S/C66H85N9O7/c1-40(33-43-27-28-44-19-12-13-21-48(44)34-43)73(39-52-35-49-22-14-15-23-50(49)37-74(52)63(81)56(65(4,5)6)71-58(76)41(2)67-10)62(80)47-31-29-46(30-32-47)60(78)69-51-36-55(61(79)70-54-26-18-24-45-20-16-17-25-53(45)54)75(38-51)64(82)57(66(7,8)9)72-59(77)42(3)68-11/h12-17,19-23,25,27-32,34,40-42,51-52,54-57,67-68H,18,24,26,33,35-39H2,1-11H3,(H,69,78)(H,70,79)(H,71,76)(H,72,77)/t40-,41+,42+,51+,52+,54?,55+,56-,57-/m1/s1. The zero-order valence-electron chi connectivity index (χ0n) is 49.7. The molecule has 5 aromatic rings.